The summed E-state index contributed by atoms with van der Waals surface area (Å²) in [6.07, 6.45) is 3.31. The van der Waals surface area contributed by atoms with E-state index in [1.807, 2.05) is 27.7 Å². The second-order valence-electron chi connectivity index (χ2n) is 6.90. The molecule has 1 heterocycles. The first-order valence-corrected chi connectivity index (χ1v) is 6.72. The third kappa shape index (κ3) is 3.36. The average molecular weight is 256 g/mol. The van der Waals surface area contributed by atoms with Crippen LogP contribution in [0.2, 0.25) is 0 Å². The van der Waals surface area contributed by atoms with Crippen LogP contribution in [0, 0.1) is 5.41 Å². The van der Waals surface area contributed by atoms with Crippen molar-refractivity contribution in [2.45, 2.75) is 72.5 Å². The largest absolute Gasteiger partial charge is 0.524 e. The molecule has 1 aliphatic heterocycles. The van der Waals surface area contributed by atoms with E-state index in [0.717, 1.165) is 6.42 Å². The summed E-state index contributed by atoms with van der Waals surface area (Å²) in [6, 6.07) is 0. The SMILES string of the molecule is CCC(C)(C)CC=C(F)B1OC(C)(C)C(C)(C)O1. The van der Waals surface area contributed by atoms with E-state index in [0.29, 0.717) is 6.42 Å². The standard InChI is InChI=1S/C14H26BFO2/c1-8-12(2,3)10-9-11(16)15-17-13(4,5)14(6,7)18-15/h9H,8,10H2,1-7H3. The Morgan fingerprint density at radius 3 is 2.00 bits per heavy atom. The Kier molecular flexibility index (Phi) is 4.34. The van der Waals surface area contributed by atoms with Crippen molar-refractivity contribution in [1.82, 2.24) is 0 Å². The van der Waals surface area contributed by atoms with Gasteiger partial charge in [0, 0.05) is 0 Å². The molecule has 2 nitrogen and oxygen atoms in total. The molecule has 0 bridgehead atoms. The summed E-state index contributed by atoms with van der Waals surface area (Å²) in [5.74, 6) is 0. The van der Waals surface area contributed by atoms with Gasteiger partial charge in [0.15, 0.2) is 0 Å². The zero-order valence-corrected chi connectivity index (χ0v) is 12.8. The van der Waals surface area contributed by atoms with Gasteiger partial charge in [-0.3, -0.25) is 0 Å². The minimum absolute atomic E-state index is 0.112. The molecule has 18 heavy (non-hydrogen) atoms. The predicted octanol–water partition coefficient (Wildman–Crippen LogP) is 4.30. The first kappa shape index (κ1) is 15.7. The molecule has 0 N–H and O–H groups in total. The lowest BCUT2D eigenvalue weighted by Gasteiger charge is -2.32. The Morgan fingerprint density at radius 1 is 1.17 bits per heavy atom. The van der Waals surface area contributed by atoms with Crippen LogP contribution in [0.25, 0.3) is 0 Å². The average Bonchev–Trinajstić information content (AvgIpc) is 2.45. The summed E-state index contributed by atoms with van der Waals surface area (Å²) >= 11 is 0. The van der Waals surface area contributed by atoms with Crippen LogP contribution in [-0.2, 0) is 9.31 Å². The summed E-state index contributed by atoms with van der Waals surface area (Å²) in [5, 5.41) is 0. The second kappa shape index (κ2) is 4.97. The highest BCUT2D eigenvalue weighted by Crippen LogP contribution is 2.39. The predicted molar refractivity (Wildman–Crippen MR) is 74.0 cm³/mol. The van der Waals surface area contributed by atoms with Gasteiger partial charge in [0.25, 0.3) is 0 Å². The quantitative estimate of drug-likeness (QED) is 0.698. The molecule has 4 heteroatoms. The fraction of sp³-hybridized carbons (Fsp3) is 0.857. The summed E-state index contributed by atoms with van der Waals surface area (Å²) in [4.78, 5) is 0. The molecular weight excluding hydrogens is 230 g/mol. The molecule has 0 amide bonds. The lowest BCUT2D eigenvalue weighted by atomic mass is 9.82. The summed E-state index contributed by atoms with van der Waals surface area (Å²) < 4.78 is 25.4. The molecule has 0 saturated carbocycles. The van der Waals surface area contributed by atoms with E-state index in [-0.39, 0.29) is 11.1 Å². The van der Waals surface area contributed by atoms with Gasteiger partial charge in [-0.05, 0) is 39.5 Å². The van der Waals surface area contributed by atoms with Crippen molar-refractivity contribution in [2.75, 3.05) is 0 Å². The maximum Gasteiger partial charge on any atom is 0.524 e. The van der Waals surface area contributed by atoms with Crippen molar-refractivity contribution in [2.24, 2.45) is 5.41 Å². The molecule has 0 aromatic heterocycles. The fourth-order valence-electron chi connectivity index (χ4n) is 1.57. The smallest absolute Gasteiger partial charge is 0.398 e. The van der Waals surface area contributed by atoms with Crippen LogP contribution in [0.3, 0.4) is 0 Å². The fourth-order valence-corrected chi connectivity index (χ4v) is 1.57. The lowest BCUT2D eigenvalue weighted by molar-refractivity contribution is 0.00578. The Labute approximate surface area is 111 Å². The molecule has 0 aromatic rings. The van der Waals surface area contributed by atoms with Gasteiger partial charge in [0.1, 0.15) is 5.73 Å². The number of hydrogen-bond acceptors (Lipinski definition) is 2. The molecule has 0 unspecified atom stereocenters. The number of hydrogen-bond donors (Lipinski definition) is 0. The van der Waals surface area contributed by atoms with E-state index in [9.17, 15) is 4.39 Å². The topological polar surface area (TPSA) is 18.5 Å². The van der Waals surface area contributed by atoms with Crippen molar-refractivity contribution in [3.63, 3.8) is 0 Å². The Morgan fingerprint density at radius 2 is 1.61 bits per heavy atom. The van der Waals surface area contributed by atoms with Gasteiger partial charge in [-0.15, -0.1) is 0 Å². The number of allylic oxidation sites excluding steroid dienone is 1. The zero-order valence-electron chi connectivity index (χ0n) is 12.8. The molecule has 1 aliphatic rings. The van der Waals surface area contributed by atoms with Crippen molar-refractivity contribution in [3.8, 4) is 0 Å². The molecule has 1 rings (SSSR count). The Balaban J connectivity index is 2.71. The Bertz CT molecular complexity index is 319. The van der Waals surface area contributed by atoms with Gasteiger partial charge < -0.3 is 9.31 Å². The van der Waals surface area contributed by atoms with Crippen LogP contribution in [-0.4, -0.2) is 18.3 Å². The van der Waals surface area contributed by atoms with E-state index in [1.165, 1.54) is 0 Å². The highest BCUT2D eigenvalue weighted by molar-refractivity contribution is 6.53. The normalized spacial score (nSPS) is 23.6. The molecule has 0 aromatic carbocycles. The van der Waals surface area contributed by atoms with Crippen LogP contribution < -0.4 is 0 Å². The highest BCUT2D eigenvalue weighted by atomic mass is 19.1. The van der Waals surface area contributed by atoms with E-state index < -0.39 is 18.3 Å². The van der Waals surface area contributed by atoms with Crippen molar-refractivity contribution in [1.29, 1.82) is 0 Å². The molecule has 0 spiro atoms. The summed E-state index contributed by atoms with van der Waals surface area (Å²) in [6.45, 7) is 14.1. The summed E-state index contributed by atoms with van der Waals surface area (Å²) in [7, 11) is -0.859. The highest BCUT2D eigenvalue weighted by Gasteiger charge is 2.52. The first-order valence-electron chi connectivity index (χ1n) is 6.72. The van der Waals surface area contributed by atoms with E-state index in [2.05, 4.69) is 20.8 Å². The number of rotatable bonds is 4. The first-order chi connectivity index (χ1) is 8.01. The van der Waals surface area contributed by atoms with Gasteiger partial charge in [-0.1, -0.05) is 33.3 Å². The van der Waals surface area contributed by atoms with Gasteiger partial charge in [0.2, 0.25) is 0 Å². The molecule has 1 fully saturated rings. The lowest BCUT2D eigenvalue weighted by Crippen LogP contribution is -2.41. The van der Waals surface area contributed by atoms with Gasteiger partial charge in [-0.2, -0.15) is 0 Å². The number of halogens is 1. The van der Waals surface area contributed by atoms with Crippen LogP contribution in [0.1, 0.15) is 61.3 Å². The molecule has 0 radical (unpaired) electrons. The maximum absolute atomic E-state index is 14.1. The minimum Gasteiger partial charge on any atom is -0.398 e. The van der Waals surface area contributed by atoms with Gasteiger partial charge in [-0.25, -0.2) is 4.39 Å². The molecule has 1 saturated heterocycles. The van der Waals surface area contributed by atoms with Crippen LogP contribution in [0.5, 0.6) is 0 Å². The molecule has 0 atom stereocenters. The second-order valence-corrected chi connectivity index (χ2v) is 6.90. The van der Waals surface area contributed by atoms with Crippen molar-refractivity contribution < 1.29 is 13.7 Å². The minimum atomic E-state index is -0.859. The van der Waals surface area contributed by atoms with Gasteiger partial charge in [0.05, 0.1) is 11.2 Å². The third-order valence-electron chi connectivity index (χ3n) is 4.29. The van der Waals surface area contributed by atoms with E-state index in [1.54, 1.807) is 6.08 Å². The third-order valence-corrected chi connectivity index (χ3v) is 4.29. The zero-order chi connectivity index (χ0) is 14.2. The van der Waals surface area contributed by atoms with E-state index >= 15 is 0 Å². The van der Waals surface area contributed by atoms with Crippen LogP contribution in [0.15, 0.2) is 11.8 Å². The molecule has 0 aliphatic carbocycles. The molecule has 104 valence electrons. The summed E-state index contributed by atoms with van der Waals surface area (Å²) in [5.41, 5.74) is -1.16. The van der Waals surface area contributed by atoms with Crippen LogP contribution >= 0.6 is 0 Å². The van der Waals surface area contributed by atoms with E-state index in [4.69, 9.17) is 9.31 Å². The maximum atomic E-state index is 14.1. The van der Waals surface area contributed by atoms with Crippen molar-refractivity contribution >= 4 is 7.12 Å². The molecular formula is C14H26BFO2. The van der Waals surface area contributed by atoms with Crippen molar-refractivity contribution in [3.05, 3.63) is 11.8 Å². The Hall–Kier alpha value is -0.345. The van der Waals surface area contributed by atoms with Gasteiger partial charge >= 0.3 is 7.12 Å². The van der Waals surface area contributed by atoms with Crippen LogP contribution in [0.4, 0.5) is 4.39 Å². The monoisotopic (exact) mass is 256 g/mol.